The van der Waals surface area contributed by atoms with E-state index in [0.717, 1.165) is 0 Å². The third kappa shape index (κ3) is 2.74. The molecule has 20 heavy (non-hydrogen) atoms. The maximum Gasteiger partial charge on any atom is 0.214 e. The van der Waals surface area contributed by atoms with Crippen LogP contribution in [0.25, 0.3) is 0 Å². The van der Waals surface area contributed by atoms with Gasteiger partial charge in [-0.3, -0.25) is 0 Å². The van der Waals surface area contributed by atoms with E-state index in [0.29, 0.717) is 0 Å². The van der Waals surface area contributed by atoms with Gasteiger partial charge in [0.2, 0.25) is 23.6 Å². The SMILES string of the molecule is O=S(=O)(c1ccccc1)C(S)S(=O)(=O)c1ccccc1. The predicted molar refractivity (Wildman–Crippen MR) is 80.0 cm³/mol. The standard InChI is InChI=1S/C13H12O4S3/c14-19(15,11-7-3-1-4-8-11)13(18)20(16,17)12-9-5-2-6-10-12/h1-10,13,18H. The van der Waals surface area contributed by atoms with E-state index in [1.54, 1.807) is 12.1 Å². The van der Waals surface area contributed by atoms with Crippen molar-refractivity contribution in [1.29, 1.82) is 0 Å². The van der Waals surface area contributed by atoms with E-state index in [1.807, 2.05) is 0 Å². The van der Waals surface area contributed by atoms with Crippen LogP contribution in [0.5, 0.6) is 0 Å². The minimum Gasteiger partial charge on any atom is -0.221 e. The van der Waals surface area contributed by atoms with E-state index >= 15 is 0 Å². The molecule has 4 nitrogen and oxygen atoms in total. The van der Waals surface area contributed by atoms with Crippen LogP contribution in [0, 0.1) is 0 Å². The molecule has 0 saturated carbocycles. The van der Waals surface area contributed by atoms with Gasteiger partial charge in [0.15, 0.2) is 0 Å². The number of rotatable bonds is 4. The van der Waals surface area contributed by atoms with Crippen molar-refractivity contribution in [2.45, 2.75) is 13.7 Å². The Kier molecular flexibility index (Phi) is 4.22. The molecular formula is C13H12O4S3. The van der Waals surface area contributed by atoms with Gasteiger partial charge in [-0.15, -0.1) is 12.6 Å². The Morgan fingerprint density at radius 1 is 0.650 bits per heavy atom. The van der Waals surface area contributed by atoms with Gasteiger partial charge >= 0.3 is 0 Å². The van der Waals surface area contributed by atoms with Gasteiger partial charge in [0.1, 0.15) is 0 Å². The maximum absolute atomic E-state index is 12.3. The first kappa shape index (κ1) is 15.1. The van der Waals surface area contributed by atoms with Crippen molar-refractivity contribution in [2.75, 3.05) is 0 Å². The third-order valence-corrected chi connectivity index (χ3v) is 8.78. The molecule has 0 atom stereocenters. The summed E-state index contributed by atoms with van der Waals surface area (Å²) in [6.07, 6.45) is 0. The van der Waals surface area contributed by atoms with Gasteiger partial charge in [-0.1, -0.05) is 36.4 Å². The van der Waals surface area contributed by atoms with Crippen LogP contribution in [0.2, 0.25) is 0 Å². The third-order valence-electron chi connectivity index (χ3n) is 2.67. The second-order valence-corrected chi connectivity index (χ2v) is 9.60. The second-order valence-electron chi connectivity index (χ2n) is 4.02. The molecule has 0 radical (unpaired) electrons. The van der Waals surface area contributed by atoms with Gasteiger partial charge in [0.05, 0.1) is 9.79 Å². The lowest BCUT2D eigenvalue weighted by Gasteiger charge is -2.13. The van der Waals surface area contributed by atoms with Crippen molar-refractivity contribution in [3.8, 4) is 0 Å². The Hall–Kier alpha value is -1.31. The van der Waals surface area contributed by atoms with Gasteiger partial charge in [-0.05, 0) is 24.3 Å². The van der Waals surface area contributed by atoms with Crippen LogP contribution >= 0.6 is 12.6 Å². The zero-order chi connectivity index (χ0) is 14.8. The zero-order valence-corrected chi connectivity index (χ0v) is 12.8. The molecule has 2 aromatic carbocycles. The lowest BCUT2D eigenvalue weighted by atomic mass is 10.4. The molecule has 106 valence electrons. The van der Waals surface area contributed by atoms with E-state index in [2.05, 4.69) is 12.6 Å². The Bertz CT molecular complexity index is 713. The Morgan fingerprint density at radius 2 is 0.950 bits per heavy atom. The van der Waals surface area contributed by atoms with Crippen LogP contribution < -0.4 is 0 Å². The average Bonchev–Trinajstić information content (AvgIpc) is 2.48. The van der Waals surface area contributed by atoms with E-state index < -0.39 is 23.6 Å². The molecule has 0 aliphatic carbocycles. The van der Waals surface area contributed by atoms with Crippen molar-refractivity contribution in [3.05, 3.63) is 60.7 Å². The summed E-state index contributed by atoms with van der Waals surface area (Å²) in [6, 6.07) is 14.8. The van der Waals surface area contributed by atoms with Gasteiger partial charge < -0.3 is 0 Å². The molecule has 2 aromatic rings. The summed E-state index contributed by atoms with van der Waals surface area (Å²) in [5.74, 6) is 0. The molecule has 0 unspecified atom stereocenters. The van der Waals surface area contributed by atoms with Crippen molar-refractivity contribution >= 4 is 32.3 Å². The fraction of sp³-hybridized carbons (Fsp3) is 0.0769. The normalized spacial score (nSPS) is 12.5. The molecule has 0 aliphatic heterocycles. The quantitative estimate of drug-likeness (QED) is 0.873. The van der Waals surface area contributed by atoms with Crippen molar-refractivity contribution in [1.82, 2.24) is 0 Å². The van der Waals surface area contributed by atoms with Crippen LogP contribution in [0.15, 0.2) is 70.5 Å². The van der Waals surface area contributed by atoms with Crippen LogP contribution in [0.1, 0.15) is 0 Å². The lowest BCUT2D eigenvalue weighted by Crippen LogP contribution is -2.25. The van der Waals surface area contributed by atoms with Crippen LogP contribution in [0.4, 0.5) is 0 Å². The number of sulfone groups is 2. The van der Waals surface area contributed by atoms with Gasteiger partial charge in [-0.2, -0.15) is 0 Å². The topological polar surface area (TPSA) is 68.3 Å². The molecular weight excluding hydrogens is 316 g/mol. The number of hydrogen-bond donors (Lipinski definition) is 1. The average molecular weight is 328 g/mol. The molecule has 7 heteroatoms. The lowest BCUT2D eigenvalue weighted by molar-refractivity contribution is 0.586. The monoisotopic (exact) mass is 328 g/mol. The smallest absolute Gasteiger partial charge is 0.214 e. The Balaban J connectivity index is 2.49. The molecule has 0 bridgehead atoms. The first-order valence-corrected chi connectivity index (χ1v) is 9.23. The van der Waals surface area contributed by atoms with Crippen LogP contribution in [-0.2, 0) is 19.7 Å². The van der Waals surface area contributed by atoms with E-state index in [9.17, 15) is 16.8 Å². The van der Waals surface area contributed by atoms with Gasteiger partial charge in [0, 0.05) is 0 Å². The summed E-state index contributed by atoms with van der Waals surface area (Å²) in [4.78, 5) is -0.140. The predicted octanol–water partition coefficient (Wildman–Crippen LogP) is 2.15. The minimum atomic E-state index is -4.07. The number of hydrogen-bond acceptors (Lipinski definition) is 5. The van der Waals surface area contributed by atoms with E-state index in [4.69, 9.17) is 0 Å². The van der Waals surface area contributed by atoms with E-state index in [1.165, 1.54) is 48.5 Å². The highest BCUT2D eigenvalue weighted by molar-refractivity contribution is 8.21. The highest BCUT2D eigenvalue weighted by Crippen LogP contribution is 2.27. The fourth-order valence-electron chi connectivity index (χ4n) is 1.62. The fourth-order valence-corrected chi connectivity index (χ4v) is 5.89. The minimum absolute atomic E-state index is 0.0699. The molecule has 0 saturated heterocycles. The molecule has 0 fully saturated rings. The first-order chi connectivity index (χ1) is 9.37. The molecule has 0 aromatic heterocycles. The largest absolute Gasteiger partial charge is 0.221 e. The maximum atomic E-state index is 12.3. The summed E-state index contributed by atoms with van der Waals surface area (Å²) < 4.78 is 47.4. The number of benzene rings is 2. The Morgan fingerprint density at radius 3 is 1.25 bits per heavy atom. The number of thiol groups is 1. The molecule has 0 spiro atoms. The summed E-state index contributed by atoms with van der Waals surface area (Å²) in [5, 5.41) is 0. The highest BCUT2D eigenvalue weighted by Gasteiger charge is 2.36. The molecule has 0 aliphatic rings. The summed E-state index contributed by atoms with van der Waals surface area (Å²) in [5.41, 5.74) is 0. The zero-order valence-electron chi connectivity index (χ0n) is 10.2. The molecule has 0 N–H and O–H groups in total. The first-order valence-electron chi connectivity index (χ1n) is 5.63. The summed E-state index contributed by atoms with van der Waals surface area (Å²) in [6.45, 7) is 0. The molecule has 0 heterocycles. The molecule has 0 amide bonds. The van der Waals surface area contributed by atoms with Gasteiger partial charge in [0.25, 0.3) is 0 Å². The van der Waals surface area contributed by atoms with E-state index in [-0.39, 0.29) is 9.79 Å². The van der Waals surface area contributed by atoms with Crippen molar-refractivity contribution in [2.24, 2.45) is 0 Å². The second kappa shape index (κ2) is 5.59. The van der Waals surface area contributed by atoms with Crippen LogP contribution in [0.3, 0.4) is 0 Å². The summed E-state index contributed by atoms with van der Waals surface area (Å²) >= 11 is 3.84. The van der Waals surface area contributed by atoms with Gasteiger partial charge in [-0.25, -0.2) is 16.8 Å². The van der Waals surface area contributed by atoms with Crippen molar-refractivity contribution < 1.29 is 16.8 Å². The van der Waals surface area contributed by atoms with Crippen LogP contribution in [-0.4, -0.2) is 20.7 Å². The van der Waals surface area contributed by atoms with Crippen molar-refractivity contribution in [3.63, 3.8) is 0 Å². The highest BCUT2D eigenvalue weighted by atomic mass is 32.3. The summed E-state index contributed by atoms with van der Waals surface area (Å²) in [7, 11) is -8.14. The molecule has 2 rings (SSSR count). The Labute approximate surface area is 123 Å².